The molecule has 4 heteroatoms. The molecule has 18 heavy (non-hydrogen) atoms. The van der Waals surface area contributed by atoms with Gasteiger partial charge in [0.25, 0.3) is 0 Å². The maximum absolute atomic E-state index is 9.68. The summed E-state index contributed by atoms with van der Waals surface area (Å²) >= 11 is 0. The minimum absolute atomic E-state index is 0.0519. The fourth-order valence-electron chi connectivity index (χ4n) is 2.41. The third-order valence-electron chi connectivity index (χ3n) is 3.49. The first-order valence-electron chi connectivity index (χ1n) is 6.42. The van der Waals surface area contributed by atoms with E-state index in [4.69, 9.17) is 0 Å². The van der Waals surface area contributed by atoms with Gasteiger partial charge in [-0.05, 0) is 45.2 Å². The molecule has 4 nitrogen and oxygen atoms in total. The van der Waals surface area contributed by atoms with Crippen LogP contribution in [-0.4, -0.2) is 33.5 Å². The van der Waals surface area contributed by atoms with Crippen LogP contribution in [-0.2, 0) is 0 Å². The van der Waals surface area contributed by atoms with Gasteiger partial charge in [0, 0.05) is 23.7 Å². The highest BCUT2D eigenvalue weighted by Crippen LogP contribution is 2.24. The van der Waals surface area contributed by atoms with Crippen molar-refractivity contribution in [2.75, 3.05) is 0 Å². The minimum atomic E-state index is 0.0519. The largest absolute Gasteiger partial charge is 0.508 e. The fourth-order valence-corrected chi connectivity index (χ4v) is 2.41. The van der Waals surface area contributed by atoms with Gasteiger partial charge in [-0.25, -0.2) is 0 Å². The molecular weight excluding hydrogens is 228 g/mol. The maximum Gasteiger partial charge on any atom is 0.128 e. The SMILES string of the molecule is C[C@@H]1CCC[C@@H](C)N1/N=C/c1ccc(O)cc1O. The van der Waals surface area contributed by atoms with Crippen molar-refractivity contribution in [3.63, 3.8) is 0 Å². The van der Waals surface area contributed by atoms with Gasteiger partial charge >= 0.3 is 0 Å². The van der Waals surface area contributed by atoms with Crippen LogP contribution in [0.2, 0.25) is 0 Å². The quantitative estimate of drug-likeness (QED) is 0.791. The van der Waals surface area contributed by atoms with E-state index in [0.29, 0.717) is 17.6 Å². The third-order valence-corrected chi connectivity index (χ3v) is 3.49. The number of aromatic hydroxyl groups is 2. The van der Waals surface area contributed by atoms with Crippen LogP contribution >= 0.6 is 0 Å². The van der Waals surface area contributed by atoms with E-state index in [0.717, 1.165) is 12.8 Å². The van der Waals surface area contributed by atoms with Crippen molar-refractivity contribution in [2.24, 2.45) is 5.10 Å². The predicted molar refractivity (Wildman–Crippen MR) is 72.0 cm³/mol. The van der Waals surface area contributed by atoms with E-state index in [1.807, 2.05) is 0 Å². The molecule has 1 aromatic carbocycles. The molecule has 1 aromatic rings. The molecule has 0 bridgehead atoms. The summed E-state index contributed by atoms with van der Waals surface area (Å²) in [5, 5.41) is 25.5. The molecule has 0 aliphatic carbocycles. The number of phenolic OH excluding ortho intramolecular Hbond substituents is 2. The molecule has 1 heterocycles. The molecule has 1 aliphatic heterocycles. The van der Waals surface area contributed by atoms with Crippen molar-refractivity contribution in [3.05, 3.63) is 23.8 Å². The Morgan fingerprint density at radius 1 is 1.22 bits per heavy atom. The van der Waals surface area contributed by atoms with Gasteiger partial charge in [-0.1, -0.05) is 0 Å². The number of hydrogen-bond acceptors (Lipinski definition) is 4. The van der Waals surface area contributed by atoms with E-state index in [9.17, 15) is 10.2 Å². The Morgan fingerprint density at radius 2 is 1.89 bits per heavy atom. The number of benzene rings is 1. The van der Waals surface area contributed by atoms with Crippen molar-refractivity contribution in [2.45, 2.75) is 45.2 Å². The standard InChI is InChI=1S/C14H20N2O2/c1-10-4-3-5-11(2)16(10)15-9-12-6-7-13(17)8-14(12)18/h6-11,17-18H,3-5H2,1-2H3/b15-9+/t10-,11-/m1/s1. The van der Waals surface area contributed by atoms with Crippen molar-refractivity contribution in [1.82, 2.24) is 5.01 Å². The molecule has 98 valence electrons. The minimum Gasteiger partial charge on any atom is -0.508 e. The average Bonchev–Trinajstić information content (AvgIpc) is 2.31. The number of hydrogen-bond donors (Lipinski definition) is 2. The monoisotopic (exact) mass is 248 g/mol. The number of piperidine rings is 1. The molecule has 0 amide bonds. The second kappa shape index (κ2) is 5.29. The van der Waals surface area contributed by atoms with Crippen LogP contribution < -0.4 is 0 Å². The van der Waals surface area contributed by atoms with Crippen molar-refractivity contribution < 1.29 is 10.2 Å². The topological polar surface area (TPSA) is 56.1 Å². The average molecular weight is 248 g/mol. The molecule has 0 unspecified atom stereocenters. The Labute approximate surface area is 108 Å². The second-order valence-electron chi connectivity index (χ2n) is 5.00. The second-order valence-corrected chi connectivity index (χ2v) is 5.00. The Bertz CT molecular complexity index is 435. The zero-order valence-corrected chi connectivity index (χ0v) is 10.9. The predicted octanol–water partition coefficient (Wildman–Crippen LogP) is 2.69. The van der Waals surface area contributed by atoms with Gasteiger partial charge < -0.3 is 10.2 Å². The van der Waals surface area contributed by atoms with Crippen LogP contribution in [0.1, 0.15) is 38.7 Å². The Hall–Kier alpha value is -1.71. The molecule has 0 saturated carbocycles. The van der Waals surface area contributed by atoms with Crippen LogP contribution in [0.5, 0.6) is 11.5 Å². The molecule has 1 aliphatic rings. The molecule has 0 aromatic heterocycles. The first kappa shape index (κ1) is 12.7. The zero-order valence-electron chi connectivity index (χ0n) is 10.9. The van der Waals surface area contributed by atoms with Gasteiger partial charge in [0.1, 0.15) is 11.5 Å². The van der Waals surface area contributed by atoms with Crippen molar-refractivity contribution in [1.29, 1.82) is 0 Å². The lowest BCUT2D eigenvalue weighted by molar-refractivity contribution is 0.109. The molecule has 0 spiro atoms. The van der Waals surface area contributed by atoms with E-state index in [1.165, 1.54) is 12.5 Å². The van der Waals surface area contributed by atoms with E-state index in [2.05, 4.69) is 24.0 Å². The number of rotatable bonds is 2. The van der Waals surface area contributed by atoms with Crippen LogP contribution in [0.15, 0.2) is 23.3 Å². The van der Waals surface area contributed by atoms with Crippen LogP contribution in [0.4, 0.5) is 0 Å². The van der Waals surface area contributed by atoms with Crippen LogP contribution in [0.3, 0.4) is 0 Å². The summed E-state index contributed by atoms with van der Waals surface area (Å²) in [7, 11) is 0. The summed E-state index contributed by atoms with van der Waals surface area (Å²) in [5.41, 5.74) is 0.623. The van der Waals surface area contributed by atoms with E-state index in [-0.39, 0.29) is 11.5 Å². The fraction of sp³-hybridized carbons (Fsp3) is 0.500. The summed E-state index contributed by atoms with van der Waals surface area (Å²) in [6.07, 6.45) is 5.22. The molecule has 1 saturated heterocycles. The summed E-state index contributed by atoms with van der Waals surface area (Å²) in [5.74, 6) is 0.112. The first-order chi connectivity index (χ1) is 8.58. The van der Waals surface area contributed by atoms with Crippen molar-refractivity contribution >= 4 is 6.21 Å². The number of hydrazone groups is 1. The molecule has 0 radical (unpaired) electrons. The highest BCUT2D eigenvalue weighted by atomic mass is 16.3. The first-order valence-corrected chi connectivity index (χ1v) is 6.42. The summed E-state index contributed by atoms with van der Waals surface area (Å²) in [6, 6.07) is 5.40. The van der Waals surface area contributed by atoms with Gasteiger partial charge in [0.15, 0.2) is 0 Å². The molecule has 1 fully saturated rings. The van der Waals surface area contributed by atoms with E-state index < -0.39 is 0 Å². The molecule has 2 rings (SSSR count). The van der Waals surface area contributed by atoms with Crippen LogP contribution in [0, 0.1) is 0 Å². The van der Waals surface area contributed by atoms with Crippen molar-refractivity contribution in [3.8, 4) is 11.5 Å². The van der Waals surface area contributed by atoms with E-state index in [1.54, 1.807) is 18.3 Å². The Morgan fingerprint density at radius 3 is 2.50 bits per heavy atom. The Kier molecular flexibility index (Phi) is 3.75. The summed E-state index contributed by atoms with van der Waals surface area (Å²) < 4.78 is 0. The van der Waals surface area contributed by atoms with Crippen LogP contribution in [0.25, 0.3) is 0 Å². The zero-order chi connectivity index (χ0) is 13.1. The lowest BCUT2D eigenvalue weighted by Crippen LogP contribution is -2.39. The van der Waals surface area contributed by atoms with Gasteiger partial charge in [-0.3, -0.25) is 5.01 Å². The smallest absolute Gasteiger partial charge is 0.128 e. The van der Waals surface area contributed by atoms with Gasteiger partial charge in [0.05, 0.1) is 6.21 Å². The molecule has 2 atom stereocenters. The number of nitrogens with zero attached hydrogens (tertiary/aromatic N) is 2. The summed E-state index contributed by atoms with van der Waals surface area (Å²) in [4.78, 5) is 0. The van der Waals surface area contributed by atoms with Gasteiger partial charge in [-0.15, -0.1) is 0 Å². The lowest BCUT2D eigenvalue weighted by atomic mass is 10.00. The summed E-state index contributed by atoms with van der Waals surface area (Å²) in [6.45, 7) is 4.34. The highest BCUT2D eigenvalue weighted by Gasteiger charge is 2.22. The van der Waals surface area contributed by atoms with Gasteiger partial charge in [0.2, 0.25) is 0 Å². The Balaban J connectivity index is 2.14. The highest BCUT2D eigenvalue weighted by molar-refractivity contribution is 5.83. The molecular formula is C14H20N2O2. The number of phenols is 2. The third kappa shape index (κ3) is 2.75. The van der Waals surface area contributed by atoms with Gasteiger partial charge in [-0.2, -0.15) is 5.10 Å². The maximum atomic E-state index is 9.68. The van der Waals surface area contributed by atoms with E-state index >= 15 is 0 Å². The normalized spacial score (nSPS) is 24.7. The molecule has 2 N–H and O–H groups in total. The lowest BCUT2D eigenvalue weighted by Gasteiger charge is -2.36.